The van der Waals surface area contributed by atoms with Gasteiger partial charge in [0.15, 0.2) is 0 Å². The molecule has 2 aromatic rings. The first-order valence-corrected chi connectivity index (χ1v) is 9.34. The number of hydrogen-bond acceptors (Lipinski definition) is 4. The van der Waals surface area contributed by atoms with Crippen molar-refractivity contribution in [1.29, 1.82) is 0 Å². The van der Waals surface area contributed by atoms with E-state index in [1.54, 1.807) is 0 Å². The van der Waals surface area contributed by atoms with Crippen molar-refractivity contribution in [2.75, 3.05) is 46.4 Å². The average Bonchev–Trinajstić information content (AvgIpc) is 2.90. The predicted molar refractivity (Wildman–Crippen MR) is 103 cm³/mol. The van der Waals surface area contributed by atoms with E-state index >= 15 is 0 Å². The number of halogens is 3. The van der Waals surface area contributed by atoms with E-state index in [1.807, 2.05) is 18.2 Å². The van der Waals surface area contributed by atoms with Gasteiger partial charge in [-0.2, -0.15) is 13.2 Å². The molecule has 0 amide bonds. The number of likely N-dealkylation sites (N-methyl/N-ethyl adjacent to an activating group) is 1. The van der Waals surface area contributed by atoms with E-state index in [-0.39, 0.29) is 0 Å². The molecule has 7 heteroatoms. The maximum absolute atomic E-state index is 12.8. The van der Waals surface area contributed by atoms with E-state index in [0.29, 0.717) is 13.2 Å². The standard InChI is InChI=1S/C21H22F3N3O/c1-26-9-11-27(12-10-26)20-18-14-16(4-7-19(18)28-13-8-25-20)15-2-5-17(6-3-15)21(22,23)24/h2-7,14H,8-13H2,1H3. The van der Waals surface area contributed by atoms with Crippen LogP contribution >= 0.6 is 0 Å². The summed E-state index contributed by atoms with van der Waals surface area (Å²) in [6.07, 6.45) is -4.33. The van der Waals surface area contributed by atoms with E-state index < -0.39 is 11.7 Å². The smallest absolute Gasteiger partial charge is 0.416 e. The van der Waals surface area contributed by atoms with Gasteiger partial charge in [0.25, 0.3) is 0 Å². The van der Waals surface area contributed by atoms with Gasteiger partial charge >= 0.3 is 6.18 Å². The second-order valence-electron chi connectivity index (χ2n) is 7.13. The number of piperazine rings is 1. The van der Waals surface area contributed by atoms with Crippen molar-refractivity contribution >= 4 is 5.84 Å². The summed E-state index contributed by atoms with van der Waals surface area (Å²) in [7, 11) is 2.10. The molecular formula is C21H22F3N3O. The molecule has 0 spiro atoms. The number of hydrogen-bond donors (Lipinski definition) is 0. The van der Waals surface area contributed by atoms with Crippen LogP contribution in [0.2, 0.25) is 0 Å². The third-order valence-electron chi connectivity index (χ3n) is 5.18. The van der Waals surface area contributed by atoms with Gasteiger partial charge in [-0.25, -0.2) is 0 Å². The van der Waals surface area contributed by atoms with E-state index in [0.717, 1.165) is 66.6 Å². The van der Waals surface area contributed by atoms with Crippen LogP contribution in [0.1, 0.15) is 11.1 Å². The third kappa shape index (κ3) is 3.85. The molecule has 0 aromatic heterocycles. The highest BCUT2D eigenvalue weighted by Gasteiger charge is 2.30. The fourth-order valence-corrected chi connectivity index (χ4v) is 3.54. The molecule has 1 saturated heterocycles. The van der Waals surface area contributed by atoms with Gasteiger partial charge in [-0.1, -0.05) is 18.2 Å². The fourth-order valence-electron chi connectivity index (χ4n) is 3.54. The number of fused-ring (bicyclic) bond motifs is 1. The molecule has 0 radical (unpaired) electrons. The van der Waals surface area contributed by atoms with E-state index in [1.165, 1.54) is 12.1 Å². The van der Waals surface area contributed by atoms with Gasteiger partial charge < -0.3 is 14.5 Å². The van der Waals surface area contributed by atoms with Crippen LogP contribution in [-0.4, -0.2) is 62.0 Å². The van der Waals surface area contributed by atoms with Gasteiger partial charge in [0.1, 0.15) is 18.2 Å². The average molecular weight is 389 g/mol. The molecular weight excluding hydrogens is 367 g/mol. The quantitative estimate of drug-likeness (QED) is 0.744. The lowest BCUT2D eigenvalue weighted by molar-refractivity contribution is -0.137. The zero-order chi connectivity index (χ0) is 19.7. The summed E-state index contributed by atoms with van der Waals surface area (Å²) in [5.74, 6) is 1.68. The highest BCUT2D eigenvalue weighted by molar-refractivity contribution is 6.02. The van der Waals surface area contributed by atoms with Crippen molar-refractivity contribution in [3.63, 3.8) is 0 Å². The zero-order valence-electron chi connectivity index (χ0n) is 15.7. The van der Waals surface area contributed by atoms with Crippen LogP contribution < -0.4 is 4.74 Å². The summed E-state index contributed by atoms with van der Waals surface area (Å²) >= 11 is 0. The molecule has 2 heterocycles. The first-order valence-electron chi connectivity index (χ1n) is 9.34. The van der Waals surface area contributed by atoms with Crippen LogP contribution in [0.4, 0.5) is 13.2 Å². The van der Waals surface area contributed by atoms with Crippen molar-refractivity contribution in [3.05, 3.63) is 53.6 Å². The van der Waals surface area contributed by atoms with Crippen molar-refractivity contribution in [3.8, 4) is 16.9 Å². The van der Waals surface area contributed by atoms with Crippen LogP contribution in [0.25, 0.3) is 11.1 Å². The third-order valence-corrected chi connectivity index (χ3v) is 5.18. The molecule has 0 aliphatic carbocycles. The molecule has 4 rings (SSSR count). The number of ether oxygens (including phenoxy) is 1. The Bertz CT molecular complexity index is 869. The zero-order valence-corrected chi connectivity index (χ0v) is 15.7. The molecule has 28 heavy (non-hydrogen) atoms. The van der Waals surface area contributed by atoms with Crippen LogP contribution in [-0.2, 0) is 6.18 Å². The number of rotatable bonds is 1. The summed E-state index contributed by atoms with van der Waals surface area (Å²) in [6, 6.07) is 11.0. The lowest BCUT2D eigenvalue weighted by atomic mass is 10.00. The summed E-state index contributed by atoms with van der Waals surface area (Å²) < 4.78 is 44.4. The van der Waals surface area contributed by atoms with Gasteiger partial charge in [-0.3, -0.25) is 4.99 Å². The van der Waals surface area contributed by atoms with Crippen molar-refractivity contribution in [1.82, 2.24) is 9.80 Å². The molecule has 2 aliphatic heterocycles. The monoisotopic (exact) mass is 389 g/mol. The van der Waals surface area contributed by atoms with Crippen LogP contribution in [0.15, 0.2) is 47.5 Å². The minimum absolute atomic E-state index is 0.518. The summed E-state index contributed by atoms with van der Waals surface area (Å²) in [4.78, 5) is 9.29. The normalized spacial score (nSPS) is 18.1. The van der Waals surface area contributed by atoms with E-state index in [4.69, 9.17) is 9.73 Å². The van der Waals surface area contributed by atoms with E-state index in [9.17, 15) is 13.2 Å². The SMILES string of the molecule is CN1CCN(C2=NCCOc3ccc(-c4ccc(C(F)(F)F)cc4)cc32)CC1. The highest BCUT2D eigenvalue weighted by Crippen LogP contribution is 2.33. The van der Waals surface area contributed by atoms with Crippen LogP contribution in [0, 0.1) is 0 Å². The Morgan fingerprint density at radius 2 is 1.61 bits per heavy atom. The maximum Gasteiger partial charge on any atom is 0.416 e. The van der Waals surface area contributed by atoms with Crippen molar-refractivity contribution in [2.24, 2.45) is 4.99 Å². The maximum atomic E-state index is 12.8. The Morgan fingerprint density at radius 3 is 2.29 bits per heavy atom. The van der Waals surface area contributed by atoms with Gasteiger partial charge in [0.05, 0.1) is 17.7 Å². The van der Waals surface area contributed by atoms with Crippen LogP contribution in [0.5, 0.6) is 5.75 Å². The summed E-state index contributed by atoms with van der Waals surface area (Å²) in [6.45, 7) is 4.82. The molecule has 0 N–H and O–H groups in total. The lowest BCUT2D eigenvalue weighted by Gasteiger charge is -2.34. The largest absolute Gasteiger partial charge is 0.491 e. The molecule has 0 unspecified atom stereocenters. The van der Waals surface area contributed by atoms with Gasteiger partial charge in [-0.05, 0) is 42.4 Å². The van der Waals surface area contributed by atoms with E-state index in [2.05, 4.69) is 16.8 Å². The second kappa shape index (κ2) is 7.47. The number of nitrogens with zero attached hydrogens (tertiary/aromatic N) is 3. The fraction of sp³-hybridized carbons (Fsp3) is 0.381. The predicted octanol–water partition coefficient (Wildman–Crippen LogP) is 3.76. The minimum atomic E-state index is -4.33. The number of amidine groups is 1. The topological polar surface area (TPSA) is 28.1 Å². The minimum Gasteiger partial charge on any atom is -0.491 e. The van der Waals surface area contributed by atoms with Crippen molar-refractivity contribution < 1.29 is 17.9 Å². The number of benzene rings is 2. The first-order chi connectivity index (χ1) is 13.4. The van der Waals surface area contributed by atoms with Crippen molar-refractivity contribution in [2.45, 2.75) is 6.18 Å². The number of alkyl halides is 3. The molecule has 148 valence electrons. The second-order valence-corrected chi connectivity index (χ2v) is 7.13. The molecule has 0 bridgehead atoms. The number of aliphatic imine (C=N–C) groups is 1. The Kier molecular flexibility index (Phi) is 5.02. The molecule has 0 atom stereocenters. The van der Waals surface area contributed by atoms with Gasteiger partial charge in [0.2, 0.25) is 0 Å². The first kappa shape index (κ1) is 18.8. The molecule has 1 fully saturated rings. The summed E-state index contributed by atoms with van der Waals surface area (Å²) in [5.41, 5.74) is 1.84. The molecule has 0 saturated carbocycles. The molecule has 2 aliphatic rings. The molecule has 2 aromatic carbocycles. The van der Waals surface area contributed by atoms with Crippen LogP contribution in [0.3, 0.4) is 0 Å². The Balaban J connectivity index is 1.67. The Labute approximate surface area is 162 Å². The molecule has 4 nitrogen and oxygen atoms in total. The summed E-state index contributed by atoms with van der Waals surface area (Å²) in [5, 5.41) is 0. The highest BCUT2D eigenvalue weighted by atomic mass is 19.4. The Morgan fingerprint density at radius 1 is 0.929 bits per heavy atom. The lowest BCUT2D eigenvalue weighted by Crippen LogP contribution is -2.47. The van der Waals surface area contributed by atoms with Gasteiger partial charge in [0, 0.05) is 26.2 Å². The Hall–Kier alpha value is -2.54. The van der Waals surface area contributed by atoms with Gasteiger partial charge in [-0.15, -0.1) is 0 Å².